The van der Waals surface area contributed by atoms with Crippen molar-refractivity contribution in [3.05, 3.63) is 18.2 Å². The average Bonchev–Trinajstić information content (AvgIpc) is 2.25. The van der Waals surface area contributed by atoms with Crippen molar-refractivity contribution in [1.29, 1.82) is 0 Å². The standard InChI is InChI=1S/C10H11Cl2NO3S/c1-2-13-6-9(11)16-10-7(13)4-3-5-8(10)17(12,14)15/h3-5,9H,2,6H2,1H3. The highest BCUT2D eigenvalue weighted by Gasteiger charge is 2.29. The van der Waals surface area contributed by atoms with E-state index in [0.29, 0.717) is 18.8 Å². The first-order valence-electron chi connectivity index (χ1n) is 5.07. The summed E-state index contributed by atoms with van der Waals surface area (Å²) in [4.78, 5) is 1.91. The summed E-state index contributed by atoms with van der Waals surface area (Å²) in [6, 6.07) is 4.83. The number of nitrogens with zero attached hydrogens (tertiary/aromatic N) is 1. The van der Waals surface area contributed by atoms with Crippen LogP contribution < -0.4 is 9.64 Å². The Bertz CT molecular complexity index is 532. The highest BCUT2D eigenvalue weighted by molar-refractivity contribution is 8.13. The molecule has 0 saturated heterocycles. The maximum Gasteiger partial charge on any atom is 0.265 e. The predicted molar refractivity (Wildman–Crippen MR) is 67.6 cm³/mol. The highest BCUT2D eigenvalue weighted by Crippen LogP contribution is 2.40. The smallest absolute Gasteiger partial charge is 0.265 e. The summed E-state index contributed by atoms with van der Waals surface area (Å²) in [6.45, 7) is 3.18. The molecule has 7 heteroatoms. The molecule has 1 aromatic rings. The Hall–Kier alpha value is -0.650. The van der Waals surface area contributed by atoms with Gasteiger partial charge in [0, 0.05) is 17.2 Å². The number of hydrogen-bond acceptors (Lipinski definition) is 4. The van der Waals surface area contributed by atoms with E-state index < -0.39 is 14.6 Å². The fourth-order valence-electron chi connectivity index (χ4n) is 1.80. The molecule has 0 spiro atoms. The molecule has 2 rings (SSSR count). The zero-order valence-corrected chi connectivity index (χ0v) is 11.4. The van der Waals surface area contributed by atoms with E-state index in [1.165, 1.54) is 6.07 Å². The minimum atomic E-state index is -3.84. The third-order valence-corrected chi connectivity index (χ3v) is 4.13. The third kappa shape index (κ3) is 2.46. The largest absolute Gasteiger partial charge is 0.469 e. The number of para-hydroxylation sites is 1. The molecular weight excluding hydrogens is 285 g/mol. The normalized spacial score (nSPS) is 19.7. The second-order valence-corrected chi connectivity index (χ2v) is 6.63. The van der Waals surface area contributed by atoms with Gasteiger partial charge in [-0.1, -0.05) is 17.7 Å². The maximum absolute atomic E-state index is 11.4. The molecule has 0 fully saturated rings. The number of fused-ring (bicyclic) bond motifs is 1. The number of benzene rings is 1. The van der Waals surface area contributed by atoms with Crippen LogP contribution >= 0.6 is 22.3 Å². The first-order valence-corrected chi connectivity index (χ1v) is 7.81. The lowest BCUT2D eigenvalue weighted by Gasteiger charge is -2.33. The molecule has 1 aliphatic heterocycles. The Balaban J connectivity index is 2.61. The van der Waals surface area contributed by atoms with Crippen molar-refractivity contribution in [3.63, 3.8) is 0 Å². The molecule has 0 aliphatic carbocycles. The van der Waals surface area contributed by atoms with Gasteiger partial charge in [0.25, 0.3) is 9.05 Å². The van der Waals surface area contributed by atoms with Crippen molar-refractivity contribution in [2.24, 2.45) is 0 Å². The predicted octanol–water partition coefficient (Wildman–Crippen LogP) is 2.40. The van der Waals surface area contributed by atoms with Crippen LogP contribution in [0.5, 0.6) is 5.75 Å². The number of hydrogen-bond donors (Lipinski definition) is 0. The molecule has 0 bridgehead atoms. The van der Waals surface area contributed by atoms with Gasteiger partial charge in [-0.15, -0.1) is 0 Å². The van der Waals surface area contributed by atoms with Gasteiger partial charge in [-0.25, -0.2) is 8.42 Å². The summed E-state index contributed by atoms with van der Waals surface area (Å²) in [5.74, 6) is 0.232. The Morgan fingerprint density at radius 2 is 2.24 bits per heavy atom. The van der Waals surface area contributed by atoms with Gasteiger partial charge < -0.3 is 9.64 Å². The molecule has 94 valence electrons. The van der Waals surface area contributed by atoms with Crippen molar-refractivity contribution in [2.45, 2.75) is 17.4 Å². The van der Waals surface area contributed by atoms with Gasteiger partial charge in [-0.3, -0.25) is 0 Å². The van der Waals surface area contributed by atoms with E-state index in [1.807, 2.05) is 11.8 Å². The number of halogens is 2. The Morgan fingerprint density at radius 3 is 2.82 bits per heavy atom. The highest BCUT2D eigenvalue weighted by atomic mass is 35.7. The molecule has 17 heavy (non-hydrogen) atoms. The van der Waals surface area contributed by atoms with E-state index in [9.17, 15) is 8.42 Å². The number of alkyl halides is 1. The maximum atomic E-state index is 11.4. The topological polar surface area (TPSA) is 46.6 Å². The van der Waals surface area contributed by atoms with Gasteiger partial charge in [0.05, 0.1) is 12.2 Å². The van der Waals surface area contributed by atoms with Gasteiger partial charge in [0.1, 0.15) is 4.90 Å². The minimum absolute atomic E-state index is 0.0412. The quantitative estimate of drug-likeness (QED) is 0.621. The van der Waals surface area contributed by atoms with E-state index >= 15 is 0 Å². The molecule has 1 aliphatic rings. The Labute approximate surface area is 109 Å². The molecule has 0 saturated carbocycles. The first-order chi connectivity index (χ1) is 7.93. The van der Waals surface area contributed by atoms with E-state index in [1.54, 1.807) is 12.1 Å². The SMILES string of the molecule is CCN1CC(Cl)Oc2c1cccc2S(=O)(=O)Cl. The second kappa shape index (κ2) is 4.55. The summed E-state index contributed by atoms with van der Waals surface area (Å²) in [5.41, 5.74) is 0.119. The minimum Gasteiger partial charge on any atom is -0.469 e. The lowest BCUT2D eigenvalue weighted by Crippen LogP contribution is -2.37. The number of rotatable bonds is 2. The molecule has 0 amide bonds. The lowest BCUT2D eigenvalue weighted by molar-refractivity contribution is 0.263. The molecule has 4 nitrogen and oxygen atoms in total. The molecule has 1 unspecified atom stereocenters. The van der Waals surface area contributed by atoms with E-state index in [4.69, 9.17) is 27.0 Å². The lowest BCUT2D eigenvalue weighted by atomic mass is 10.2. The first kappa shape index (κ1) is 12.8. The van der Waals surface area contributed by atoms with Crippen LogP contribution in [0.2, 0.25) is 0 Å². The van der Waals surface area contributed by atoms with Crippen LogP contribution in [0.3, 0.4) is 0 Å². The fourth-order valence-corrected chi connectivity index (χ4v) is 3.04. The monoisotopic (exact) mass is 295 g/mol. The van der Waals surface area contributed by atoms with Crippen LogP contribution in [0.15, 0.2) is 23.1 Å². The van der Waals surface area contributed by atoms with Crippen LogP contribution in [0.1, 0.15) is 6.92 Å². The summed E-state index contributed by atoms with van der Waals surface area (Å²) in [7, 11) is 1.53. The Kier molecular flexibility index (Phi) is 3.43. The van der Waals surface area contributed by atoms with Crippen LogP contribution in [0.25, 0.3) is 0 Å². The zero-order valence-electron chi connectivity index (χ0n) is 9.06. The molecule has 1 heterocycles. The van der Waals surface area contributed by atoms with E-state index in [0.717, 1.165) is 0 Å². The molecular formula is C10H11Cl2NO3S. The molecule has 0 N–H and O–H groups in total. The van der Waals surface area contributed by atoms with Crippen LogP contribution in [0, 0.1) is 0 Å². The van der Waals surface area contributed by atoms with Gasteiger partial charge in [0.15, 0.2) is 11.3 Å². The van der Waals surface area contributed by atoms with E-state index in [-0.39, 0.29) is 10.6 Å². The third-order valence-electron chi connectivity index (χ3n) is 2.55. The number of anilines is 1. The van der Waals surface area contributed by atoms with Crippen molar-refractivity contribution in [3.8, 4) is 5.75 Å². The van der Waals surface area contributed by atoms with Crippen molar-refractivity contribution >= 4 is 37.0 Å². The summed E-state index contributed by atoms with van der Waals surface area (Å²) < 4.78 is 28.2. The molecule has 0 aromatic heterocycles. The van der Waals surface area contributed by atoms with Crippen molar-refractivity contribution in [1.82, 2.24) is 0 Å². The van der Waals surface area contributed by atoms with Crippen molar-refractivity contribution < 1.29 is 13.2 Å². The molecule has 0 radical (unpaired) electrons. The van der Waals surface area contributed by atoms with Gasteiger partial charge in [-0.2, -0.15) is 0 Å². The molecule has 1 aromatic carbocycles. The van der Waals surface area contributed by atoms with Crippen LogP contribution in [-0.4, -0.2) is 27.1 Å². The van der Waals surface area contributed by atoms with Crippen LogP contribution in [-0.2, 0) is 9.05 Å². The fraction of sp³-hybridized carbons (Fsp3) is 0.400. The summed E-state index contributed by atoms with van der Waals surface area (Å²) in [5, 5.41) is 0. The van der Waals surface area contributed by atoms with Crippen LogP contribution in [0.4, 0.5) is 5.69 Å². The van der Waals surface area contributed by atoms with E-state index in [2.05, 4.69) is 0 Å². The van der Waals surface area contributed by atoms with Gasteiger partial charge in [0.2, 0.25) is 0 Å². The second-order valence-electron chi connectivity index (χ2n) is 3.61. The molecule has 1 atom stereocenters. The van der Waals surface area contributed by atoms with Crippen molar-refractivity contribution in [2.75, 3.05) is 18.0 Å². The summed E-state index contributed by atoms with van der Waals surface area (Å²) in [6.07, 6.45) is 0. The number of ether oxygens (including phenoxy) is 1. The van der Waals surface area contributed by atoms with Gasteiger partial charge >= 0.3 is 0 Å². The summed E-state index contributed by atoms with van der Waals surface area (Å²) >= 11 is 5.94. The zero-order chi connectivity index (χ0) is 12.6. The Morgan fingerprint density at radius 1 is 1.53 bits per heavy atom. The number of likely N-dealkylation sites (N-methyl/N-ethyl adjacent to an activating group) is 1. The average molecular weight is 296 g/mol. The van der Waals surface area contributed by atoms with Gasteiger partial charge in [-0.05, 0) is 19.1 Å².